The van der Waals surface area contributed by atoms with Crippen molar-refractivity contribution >= 4 is 5.97 Å². The van der Waals surface area contributed by atoms with E-state index >= 15 is 0 Å². The number of carbonyl (C=O) groups is 1. The van der Waals surface area contributed by atoms with E-state index in [0.717, 1.165) is 0 Å². The summed E-state index contributed by atoms with van der Waals surface area (Å²) in [5, 5.41) is 0. The van der Waals surface area contributed by atoms with E-state index in [1.807, 2.05) is 0 Å². The zero-order chi connectivity index (χ0) is 19.6. The maximum atomic E-state index is 13.6. The minimum atomic E-state index is -2.33. The summed E-state index contributed by atoms with van der Waals surface area (Å²) < 4.78 is 81.7. The van der Waals surface area contributed by atoms with Gasteiger partial charge in [-0.25, -0.2) is 18.0 Å². The van der Waals surface area contributed by atoms with E-state index in [9.17, 15) is 26.7 Å². The van der Waals surface area contributed by atoms with E-state index in [1.165, 1.54) is 24.3 Å². The van der Waals surface area contributed by atoms with Crippen molar-refractivity contribution in [2.75, 3.05) is 13.2 Å². The van der Waals surface area contributed by atoms with Crippen molar-refractivity contribution < 1.29 is 41.0 Å². The van der Waals surface area contributed by atoms with Crippen molar-refractivity contribution in [3.05, 3.63) is 58.9 Å². The summed E-state index contributed by atoms with van der Waals surface area (Å²) in [5.74, 6) is -13.7. The van der Waals surface area contributed by atoms with Gasteiger partial charge in [-0.2, -0.15) is 8.78 Å². The summed E-state index contributed by atoms with van der Waals surface area (Å²) in [7, 11) is 0. The lowest BCUT2D eigenvalue weighted by atomic mass is 10.1. The van der Waals surface area contributed by atoms with Gasteiger partial charge in [0.2, 0.25) is 34.8 Å². The van der Waals surface area contributed by atoms with Gasteiger partial charge in [0.1, 0.15) is 11.9 Å². The average molecular weight is 388 g/mol. The van der Waals surface area contributed by atoms with E-state index in [1.54, 1.807) is 0 Å². The fraction of sp³-hybridized carbons (Fsp3) is 0.278. The molecule has 0 saturated carbocycles. The maximum Gasteiger partial charge on any atom is 0.343 e. The molecule has 0 N–H and O–H groups in total. The van der Waals surface area contributed by atoms with Gasteiger partial charge >= 0.3 is 5.97 Å². The van der Waals surface area contributed by atoms with Gasteiger partial charge in [-0.1, -0.05) is 0 Å². The second kappa shape index (κ2) is 7.91. The first-order valence-corrected chi connectivity index (χ1v) is 7.96. The molecule has 0 bridgehead atoms. The van der Waals surface area contributed by atoms with Crippen molar-refractivity contribution in [2.24, 2.45) is 0 Å². The summed E-state index contributed by atoms with van der Waals surface area (Å²) in [6.45, 7) is 1.16. The molecule has 1 aliphatic heterocycles. The topological polar surface area (TPSA) is 44.8 Å². The number of halogens is 5. The van der Waals surface area contributed by atoms with E-state index in [-0.39, 0.29) is 11.7 Å². The molecule has 0 radical (unpaired) electrons. The molecule has 0 aliphatic carbocycles. The molecule has 2 aromatic rings. The van der Waals surface area contributed by atoms with Gasteiger partial charge in [-0.05, 0) is 24.3 Å². The monoisotopic (exact) mass is 388 g/mol. The van der Waals surface area contributed by atoms with Gasteiger partial charge in [-0.3, -0.25) is 0 Å². The van der Waals surface area contributed by atoms with Crippen LogP contribution in [0, 0.1) is 29.1 Å². The maximum absolute atomic E-state index is 13.6. The zero-order valence-electron chi connectivity index (χ0n) is 13.7. The van der Waals surface area contributed by atoms with Gasteiger partial charge in [0.05, 0.1) is 18.8 Å². The van der Waals surface area contributed by atoms with Crippen LogP contribution in [0.1, 0.15) is 23.2 Å². The number of hydrogen-bond acceptors (Lipinski definition) is 4. The van der Waals surface area contributed by atoms with Crippen molar-refractivity contribution in [1.29, 1.82) is 0 Å². The first-order chi connectivity index (χ1) is 12.9. The SMILES string of the molecule is O=C(Oc1c(F)c(F)c(F)c(F)c1F)c1ccc(OC2CCOCC2)cc1. The van der Waals surface area contributed by atoms with Crippen LogP contribution in [-0.4, -0.2) is 25.3 Å². The molecule has 9 heteroatoms. The number of benzene rings is 2. The summed E-state index contributed by atoms with van der Waals surface area (Å²) >= 11 is 0. The Bertz CT molecular complexity index is 819. The van der Waals surface area contributed by atoms with Crippen molar-refractivity contribution in [3.63, 3.8) is 0 Å². The van der Waals surface area contributed by atoms with Crippen molar-refractivity contribution in [2.45, 2.75) is 18.9 Å². The van der Waals surface area contributed by atoms with Crippen LogP contribution in [0.3, 0.4) is 0 Å². The van der Waals surface area contributed by atoms with Gasteiger partial charge in [0.15, 0.2) is 0 Å². The Balaban J connectivity index is 1.73. The number of ether oxygens (including phenoxy) is 3. The Labute approximate surface area is 150 Å². The Morgan fingerprint density at radius 2 is 1.37 bits per heavy atom. The molecule has 27 heavy (non-hydrogen) atoms. The molecule has 1 heterocycles. The predicted octanol–water partition coefficient (Wildman–Crippen LogP) is 4.16. The van der Waals surface area contributed by atoms with Gasteiger partial charge < -0.3 is 14.2 Å². The van der Waals surface area contributed by atoms with E-state index in [4.69, 9.17) is 9.47 Å². The third kappa shape index (κ3) is 4.02. The minimum Gasteiger partial charge on any atom is -0.490 e. The van der Waals surface area contributed by atoms with Crippen LogP contribution >= 0.6 is 0 Å². The molecule has 0 atom stereocenters. The third-order valence-electron chi connectivity index (χ3n) is 3.93. The number of carbonyl (C=O) groups excluding carboxylic acids is 1. The molecule has 1 aliphatic rings. The first-order valence-electron chi connectivity index (χ1n) is 7.96. The predicted molar refractivity (Wildman–Crippen MR) is 82.1 cm³/mol. The molecule has 0 amide bonds. The second-order valence-corrected chi connectivity index (χ2v) is 5.74. The zero-order valence-corrected chi connectivity index (χ0v) is 13.7. The van der Waals surface area contributed by atoms with Gasteiger partial charge in [-0.15, -0.1) is 0 Å². The molecule has 0 unspecified atom stereocenters. The lowest BCUT2D eigenvalue weighted by Crippen LogP contribution is -2.25. The fourth-order valence-corrected chi connectivity index (χ4v) is 2.48. The number of rotatable bonds is 4. The summed E-state index contributed by atoms with van der Waals surface area (Å²) in [5.41, 5.74) is -0.154. The van der Waals surface area contributed by atoms with Crippen LogP contribution in [0.4, 0.5) is 22.0 Å². The van der Waals surface area contributed by atoms with Crippen LogP contribution in [0.5, 0.6) is 11.5 Å². The fourth-order valence-electron chi connectivity index (χ4n) is 2.48. The number of esters is 1. The Morgan fingerprint density at radius 3 is 1.93 bits per heavy atom. The van der Waals surface area contributed by atoms with Gasteiger partial charge in [0, 0.05) is 12.8 Å². The summed E-state index contributed by atoms with van der Waals surface area (Å²) in [6.07, 6.45) is 1.39. The Hall–Kier alpha value is -2.68. The van der Waals surface area contributed by atoms with Crippen LogP contribution in [0.2, 0.25) is 0 Å². The molecule has 4 nitrogen and oxygen atoms in total. The molecule has 144 valence electrons. The minimum absolute atomic E-state index is 0.0371. The van der Waals surface area contributed by atoms with E-state index in [2.05, 4.69) is 4.74 Å². The van der Waals surface area contributed by atoms with Crippen molar-refractivity contribution in [3.8, 4) is 11.5 Å². The molecule has 0 spiro atoms. The molecular weight excluding hydrogens is 375 g/mol. The summed E-state index contributed by atoms with van der Waals surface area (Å²) in [6, 6.07) is 5.38. The van der Waals surface area contributed by atoms with Gasteiger partial charge in [0.25, 0.3) is 0 Å². The van der Waals surface area contributed by atoms with E-state index in [0.29, 0.717) is 31.8 Å². The number of hydrogen-bond donors (Lipinski definition) is 0. The Kier molecular flexibility index (Phi) is 5.59. The molecule has 2 aromatic carbocycles. The molecule has 0 aromatic heterocycles. The van der Waals surface area contributed by atoms with Crippen LogP contribution < -0.4 is 9.47 Å². The molecule has 1 saturated heterocycles. The highest BCUT2D eigenvalue weighted by Crippen LogP contribution is 2.30. The Morgan fingerprint density at radius 1 is 0.852 bits per heavy atom. The standard InChI is InChI=1S/C18H13F5O4/c19-12-13(20)15(22)17(16(23)14(12)21)27-18(24)9-1-3-10(4-2-9)26-11-5-7-25-8-6-11/h1-4,11H,5-8H2. The highest BCUT2D eigenvalue weighted by atomic mass is 19.2. The quantitative estimate of drug-likeness (QED) is 0.259. The van der Waals surface area contributed by atoms with Crippen LogP contribution in [0.25, 0.3) is 0 Å². The molecule has 1 fully saturated rings. The van der Waals surface area contributed by atoms with E-state index < -0.39 is 40.8 Å². The summed E-state index contributed by atoms with van der Waals surface area (Å²) in [4.78, 5) is 12.0. The van der Waals surface area contributed by atoms with Crippen molar-refractivity contribution in [1.82, 2.24) is 0 Å². The molecular formula is C18H13F5O4. The largest absolute Gasteiger partial charge is 0.490 e. The first kappa shape index (κ1) is 19.1. The van der Waals surface area contributed by atoms with Crippen LogP contribution in [0.15, 0.2) is 24.3 Å². The highest BCUT2D eigenvalue weighted by Gasteiger charge is 2.29. The molecule has 3 rings (SSSR count). The highest BCUT2D eigenvalue weighted by molar-refractivity contribution is 5.91. The lowest BCUT2D eigenvalue weighted by Gasteiger charge is -2.23. The second-order valence-electron chi connectivity index (χ2n) is 5.74. The third-order valence-corrected chi connectivity index (χ3v) is 3.93. The average Bonchev–Trinajstić information content (AvgIpc) is 2.69. The lowest BCUT2D eigenvalue weighted by molar-refractivity contribution is 0.0256. The normalized spacial score (nSPS) is 14.9. The van der Waals surface area contributed by atoms with Crippen LogP contribution in [-0.2, 0) is 4.74 Å². The smallest absolute Gasteiger partial charge is 0.343 e.